The van der Waals surface area contributed by atoms with Crippen molar-refractivity contribution in [2.24, 2.45) is 0 Å². The molecule has 0 aromatic carbocycles. The first-order valence-electron chi connectivity index (χ1n) is 9.44. The van der Waals surface area contributed by atoms with E-state index in [0.29, 0.717) is 12.6 Å². The van der Waals surface area contributed by atoms with Crippen molar-refractivity contribution < 1.29 is 14.3 Å². The third-order valence-corrected chi connectivity index (χ3v) is 6.64. The van der Waals surface area contributed by atoms with E-state index in [-0.39, 0.29) is 12.5 Å². The molecule has 0 bridgehead atoms. The summed E-state index contributed by atoms with van der Waals surface area (Å²) in [6.45, 7) is 4.47. The highest BCUT2D eigenvalue weighted by atomic mass is 32.2. The van der Waals surface area contributed by atoms with Gasteiger partial charge in [-0.15, -0.1) is 11.3 Å². The summed E-state index contributed by atoms with van der Waals surface area (Å²) in [5, 5.41) is 4.83. The Hall–Kier alpha value is -1.99. The Morgan fingerprint density at radius 3 is 2.93 bits per heavy atom. The van der Waals surface area contributed by atoms with Gasteiger partial charge in [-0.05, 0) is 55.8 Å². The Morgan fingerprint density at radius 2 is 2.21 bits per heavy atom. The molecule has 1 fully saturated rings. The number of carbonyl (C=O) groups is 2. The number of amides is 1. The van der Waals surface area contributed by atoms with Crippen molar-refractivity contribution in [2.75, 3.05) is 18.9 Å². The second-order valence-corrected chi connectivity index (χ2v) is 8.99. The number of nitrogens with one attached hydrogen (secondary N) is 1. The van der Waals surface area contributed by atoms with Gasteiger partial charge in [-0.3, -0.25) is 4.79 Å². The van der Waals surface area contributed by atoms with Crippen LogP contribution in [0.3, 0.4) is 0 Å². The van der Waals surface area contributed by atoms with Crippen LogP contribution in [-0.4, -0.2) is 35.3 Å². The summed E-state index contributed by atoms with van der Waals surface area (Å²) >= 11 is 3.50. The number of thioether (sulfide) groups is 1. The fraction of sp³-hybridized carbons (Fsp3) is 0.429. The lowest BCUT2D eigenvalue weighted by molar-refractivity contribution is -0.143. The molecule has 0 aliphatic heterocycles. The molecule has 0 radical (unpaired) electrons. The number of hydrogen-bond acceptors (Lipinski definition) is 5. The van der Waals surface area contributed by atoms with Gasteiger partial charge in [0.1, 0.15) is 0 Å². The minimum Gasteiger partial charge on any atom is -0.452 e. The first-order chi connectivity index (χ1) is 13.5. The summed E-state index contributed by atoms with van der Waals surface area (Å²) in [4.78, 5) is 25.0. The van der Waals surface area contributed by atoms with E-state index in [1.54, 1.807) is 29.2 Å². The second kappa shape index (κ2) is 9.98. The number of nitrogens with zero attached hydrogens (tertiary/aromatic N) is 1. The molecule has 28 heavy (non-hydrogen) atoms. The van der Waals surface area contributed by atoms with E-state index in [4.69, 9.17) is 4.74 Å². The molecule has 150 valence electrons. The van der Waals surface area contributed by atoms with Crippen molar-refractivity contribution in [2.45, 2.75) is 38.5 Å². The summed E-state index contributed by atoms with van der Waals surface area (Å²) in [5.74, 6) is 1.01. The van der Waals surface area contributed by atoms with Crippen molar-refractivity contribution >= 4 is 41.1 Å². The smallest absolute Gasteiger partial charge is 0.331 e. The molecule has 0 unspecified atom stereocenters. The first-order valence-corrected chi connectivity index (χ1v) is 11.5. The Kier molecular flexibility index (Phi) is 7.39. The van der Waals surface area contributed by atoms with Crippen LogP contribution in [0.15, 0.2) is 29.7 Å². The van der Waals surface area contributed by atoms with Gasteiger partial charge in [-0.1, -0.05) is 6.07 Å². The van der Waals surface area contributed by atoms with Crippen molar-refractivity contribution in [1.29, 1.82) is 0 Å². The van der Waals surface area contributed by atoms with Gasteiger partial charge in [-0.2, -0.15) is 11.8 Å². The highest BCUT2D eigenvalue weighted by Crippen LogP contribution is 2.38. The van der Waals surface area contributed by atoms with Gasteiger partial charge in [0.15, 0.2) is 6.61 Å². The molecular weight excluding hydrogens is 392 g/mol. The molecule has 1 N–H and O–H groups in total. The largest absolute Gasteiger partial charge is 0.452 e. The number of ether oxygens (including phenoxy) is 1. The Bertz CT molecular complexity index is 836. The maximum atomic E-state index is 11.9. The summed E-state index contributed by atoms with van der Waals surface area (Å²) in [6, 6.07) is 6.84. The maximum Gasteiger partial charge on any atom is 0.331 e. The van der Waals surface area contributed by atoms with E-state index < -0.39 is 5.97 Å². The second-order valence-electron chi connectivity index (χ2n) is 6.85. The molecule has 0 spiro atoms. The number of aryl methyl sites for hydroxylation is 1. The Morgan fingerprint density at radius 1 is 1.39 bits per heavy atom. The lowest BCUT2D eigenvalue weighted by Crippen LogP contribution is -2.30. The van der Waals surface area contributed by atoms with Crippen molar-refractivity contribution in [1.82, 2.24) is 9.88 Å². The molecule has 3 rings (SSSR count). The molecule has 2 heterocycles. The van der Waals surface area contributed by atoms with Gasteiger partial charge in [0, 0.05) is 46.4 Å². The van der Waals surface area contributed by atoms with Gasteiger partial charge in [-0.25, -0.2) is 4.79 Å². The van der Waals surface area contributed by atoms with E-state index >= 15 is 0 Å². The lowest BCUT2D eigenvalue weighted by atomic mass is 10.2. The molecule has 0 saturated heterocycles. The number of rotatable bonds is 10. The predicted octanol–water partition coefficient (Wildman–Crippen LogP) is 4.11. The molecular formula is C21H26N2O3S2. The van der Waals surface area contributed by atoms with Crippen molar-refractivity contribution in [3.63, 3.8) is 0 Å². The van der Waals surface area contributed by atoms with Crippen molar-refractivity contribution in [3.05, 3.63) is 51.5 Å². The molecule has 1 aliphatic carbocycles. The third kappa shape index (κ3) is 6.01. The minimum atomic E-state index is -0.501. The fourth-order valence-corrected chi connectivity index (χ4v) is 4.79. The molecule has 5 nitrogen and oxygen atoms in total. The highest BCUT2D eigenvalue weighted by Gasteiger charge is 2.26. The number of esters is 1. The van der Waals surface area contributed by atoms with E-state index in [1.807, 2.05) is 6.07 Å². The molecule has 7 heteroatoms. The SMILES string of the molecule is Cc1cc(/C=C/C(=O)OCC(=O)NCCSCc2cccs2)c(C)n1C1CC1. The third-order valence-electron chi connectivity index (χ3n) is 4.57. The lowest BCUT2D eigenvalue weighted by Gasteiger charge is -2.06. The van der Waals surface area contributed by atoms with E-state index in [9.17, 15) is 9.59 Å². The van der Waals surface area contributed by atoms with Crippen LogP contribution in [0.1, 0.15) is 40.7 Å². The van der Waals surface area contributed by atoms with Gasteiger partial charge in [0.25, 0.3) is 5.91 Å². The van der Waals surface area contributed by atoms with E-state index in [2.05, 4.69) is 41.2 Å². The minimum absolute atomic E-state index is 0.250. The van der Waals surface area contributed by atoms with Crippen LogP contribution in [0.2, 0.25) is 0 Å². The average Bonchev–Trinajstić information content (AvgIpc) is 3.27. The van der Waals surface area contributed by atoms with Gasteiger partial charge >= 0.3 is 5.97 Å². The molecule has 1 saturated carbocycles. The zero-order valence-electron chi connectivity index (χ0n) is 16.3. The number of thiophene rings is 1. The van der Waals surface area contributed by atoms with Gasteiger partial charge in [0.2, 0.25) is 0 Å². The quantitative estimate of drug-likeness (QED) is 0.358. The zero-order chi connectivity index (χ0) is 19.9. The van der Waals surface area contributed by atoms with Crippen LogP contribution in [0.4, 0.5) is 0 Å². The zero-order valence-corrected chi connectivity index (χ0v) is 17.9. The summed E-state index contributed by atoms with van der Waals surface area (Å²) in [6.07, 6.45) is 5.61. The van der Waals surface area contributed by atoms with E-state index in [1.165, 1.54) is 35.2 Å². The Labute approximate surface area is 174 Å². The highest BCUT2D eigenvalue weighted by molar-refractivity contribution is 7.98. The topological polar surface area (TPSA) is 60.3 Å². The maximum absolute atomic E-state index is 11.9. The predicted molar refractivity (Wildman–Crippen MR) is 116 cm³/mol. The monoisotopic (exact) mass is 418 g/mol. The van der Waals surface area contributed by atoms with Crippen LogP contribution in [0, 0.1) is 13.8 Å². The summed E-state index contributed by atoms with van der Waals surface area (Å²) in [7, 11) is 0. The normalized spacial score (nSPS) is 13.8. The number of carbonyl (C=O) groups excluding carboxylic acids is 2. The molecule has 2 aromatic rings. The number of hydrogen-bond donors (Lipinski definition) is 1. The van der Waals surface area contributed by atoms with Crippen LogP contribution >= 0.6 is 23.1 Å². The average molecular weight is 419 g/mol. The molecule has 1 amide bonds. The fourth-order valence-electron chi connectivity index (χ4n) is 3.09. The molecule has 1 aliphatic rings. The van der Waals surface area contributed by atoms with E-state index in [0.717, 1.165) is 17.1 Å². The standard InChI is InChI=1S/C21H26N2O3S2/c1-15-12-17(16(2)23(15)18-6-7-18)5-8-21(25)26-13-20(24)22-9-11-27-14-19-4-3-10-28-19/h3-5,8,10,12,18H,6-7,9,11,13-14H2,1-2H3,(H,22,24)/b8-5+. The van der Waals surface area contributed by atoms with Gasteiger partial charge in [0.05, 0.1) is 0 Å². The summed E-state index contributed by atoms with van der Waals surface area (Å²) < 4.78 is 7.36. The van der Waals surface area contributed by atoms with Crippen LogP contribution in [-0.2, 0) is 20.1 Å². The summed E-state index contributed by atoms with van der Waals surface area (Å²) in [5.41, 5.74) is 3.40. The van der Waals surface area contributed by atoms with Crippen LogP contribution in [0.25, 0.3) is 6.08 Å². The van der Waals surface area contributed by atoms with Crippen LogP contribution in [0.5, 0.6) is 0 Å². The van der Waals surface area contributed by atoms with Crippen molar-refractivity contribution in [3.8, 4) is 0 Å². The Balaban J connectivity index is 1.33. The first kappa shape index (κ1) is 20.7. The van der Waals surface area contributed by atoms with Crippen LogP contribution < -0.4 is 5.32 Å². The molecule has 0 atom stereocenters. The molecule has 2 aromatic heterocycles. The van der Waals surface area contributed by atoms with Gasteiger partial charge < -0.3 is 14.6 Å². The number of aromatic nitrogens is 1.